The molecule has 25 heavy (non-hydrogen) atoms. The third kappa shape index (κ3) is 3.13. The summed E-state index contributed by atoms with van der Waals surface area (Å²) < 4.78 is 16.0. The third-order valence-corrected chi connectivity index (χ3v) is 5.09. The molecule has 1 aliphatic rings. The van der Waals surface area contributed by atoms with Gasteiger partial charge < -0.3 is 5.32 Å². The molecule has 1 fully saturated rings. The molecular formula is C21H24FN3. The predicted octanol–water partition coefficient (Wildman–Crippen LogP) is 5.50. The van der Waals surface area contributed by atoms with Gasteiger partial charge in [-0.3, -0.25) is 4.40 Å². The largest absolute Gasteiger partial charge is 0.367 e. The Morgan fingerprint density at radius 3 is 2.64 bits per heavy atom. The Kier molecular flexibility index (Phi) is 4.20. The van der Waals surface area contributed by atoms with Gasteiger partial charge in [0, 0.05) is 17.3 Å². The zero-order valence-electron chi connectivity index (χ0n) is 14.8. The lowest BCUT2D eigenvalue weighted by molar-refractivity contribution is 0.461. The number of hydrogen-bond donors (Lipinski definition) is 1. The normalized spacial score (nSPS) is 15.6. The van der Waals surface area contributed by atoms with Crippen LogP contribution in [0.15, 0.2) is 36.4 Å². The van der Waals surface area contributed by atoms with Gasteiger partial charge in [0.05, 0.1) is 0 Å². The average Bonchev–Trinajstić information content (AvgIpc) is 2.94. The fraction of sp³-hybridized carbons (Fsp3) is 0.381. The number of aromatic nitrogens is 2. The first-order valence-electron chi connectivity index (χ1n) is 9.14. The molecule has 0 saturated heterocycles. The number of imidazole rings is 1. The third-order valence-electron chi connectivity index (χ3n) is 5.09. The molecule has 0 spiro atoms. The van der Waals surface area contributed by atoms with Crippen LogP contribution >= 0.6 is 0 Å². The number of nitrogens with zero attached hydrogens (tertiary/aromatic N) is 2. The highest BCUT2D eigenvalue weighted by molar-refractivity contribution is 5.77. The van der Waals surface area contributed by atoms with E-state index in [0.29, 0.717) is 6.04 Å². The van der Waals surface area contributed by atoms with Gasteiger partial charge in [-0.1, -0.05) is 31.4 Å². The van der Waals surface area contributed by atoms with Crippen molar-refractivity contribution in [1.82, 2.24) is 9.38 Å². The standard InChI is InChI=1S/C21H24FN3/c1-14-11-15(2)25-19(12-14)24-20(16-7-6-8-17(22)13-16)21(25)23-18-9-4-3-5-10-18/h6-8,11-13,18,23H,3-5,9-10H2,1-2H3. The lowest BCUT2D eigenvalue weighted by Crippen LogP contribution is -2.23. The molecule has 3 aromatic rings. The molecule has 130 valence electrons. The van der Waals surface area contributed by atoms with Crippen LogP contribution in [0.25, 0.3) is 16.9 Å². The van der Waals surface area contributed by atoms with Gasteiger partial charge in [0.25, 0.3) is 0 Å². The van der Waals surface area contributed by atoms with Crippen LogP contribution in [-0.2, 0) is 0 Å². The second kappa shape index (κ2) is 6.51. The van der Waals surface area contributed by atoms with Crippen LogP contribution in [0.3, 0.4) is 0 Å². The van der Waals surface area contributed by atoms with E-state index in [1.54, 1.807) is 12.1 Å². The van der Waals surface area contributed by atoms with Crippen molar-refractivity contribution in [2.45, 2.75) is 52.0 Å². The smallest absolute Gasteiger partial charge is 0.139 e. The number of rotatable bonds is 3. The molecule has 4 rings (SSSR count). The SMILES string of the molecule is Cc1cc(C)n2c(NC3CCCCC3)c(-c3cccc(F)c3)nc2c1. The molecule has 0 amide bonds. The van der Waals surface area contributed by atoms with Gasteiger partial charge in [0.2, 0.25) is 0 Å². The summed E-state index contributed by atoms with van der Waals surface area (Å²) in [5, 5.41) is 3.73. The minimum atomic E-state index is -0.230. The maximum atomic E-state index is 13.8. The van der Waals surface area contributed by atoms with Gasteiger partial charge in [0.15, 0.2) is 0 Å². The Morgan fingerprint density at radius 1 is 1.08 bits per heavy atom. The second-order valence-electron chi connectivity index (χ2n) is 7.17. The first-order chi connectivity index (χ1) is 12.1. The Balaban J connectivity index is 1.88. The van der Waals surface area contributed by atoms with Gasteiger partial charge in [0.1, 0.15) is 23.0 Å². The zero-order valence-corrected chi connectivity index (χ0v) is 14.8. The van der Waals surface area contributed by atoms with E-state index in [0.717, 1.165) is 28.4 Å². The number of halogens is 1. The molecular weight excluding hydrogens is 313 g/mol. The van der Waals surface area contributed by atoms with Crippen molar-refractivity contribution < 1.29 is 4.39 Å². The minimum Gasteiger partial charge on any atom is -0.367 e. The van der Waals surface area contributed by atoms with Crippen molar-refractivity contribution in [3.63, 3.8) is 0 Å². The molecule has 0 unspecified atom stereocenters. The van der Waals surface area contributed by atoms with E-state index in [2.05, 4.69) is 35.7 Å². The summed E-state index contributed by atoms with van der Waals surface area (Å²) in [6.07, 6.45) is 6.21. The molecule has 2 heterocycles. The summed E-state index contributed by atoms with van der Waals surface area (Å²) in [5.74, 6) is 0.760. The molecule has 1 aliphatic carbocycles. The maximum Gasteiger partial charge on any atom is 0.139 e. The van der Waals surface area contributed by atoms with Crippen molar-refractivity contribution in [1.29, 1.82) is 0 Å². The fourth-order valence-corrected chi connectivity index (χ4v) is 3.94. The van der Waals surface area contributed by atoms with Gasteiger partial charge >= 0.3 is 0 Å². The Hall–Kier alpha value is -2.36. The number of hydrogen-bond acceptors (Lipinski definition) is 2. The van der Waals surface area contributed by atoms with Crippen molar-refractivity contribution in [3.05, 3.63) is 53.5 Å². The highest BCUT2D eigenvalue weighted by atomic mass is 19.1. The van der Waals surface area contributed by atoms with Crippen molar-refractivity contribution in [2.75, 3.05) is 5.32 Å². The van der Waals surface area contributed by atoms with Crippen molar-refractivity contribution >= 4 is 11.5 Å². The lowest BCUT2D eigenvalue weighted by atomic mass is 9.95. The van der Waals surface area contributed by atoms with E-state index in [9.17, 15) is 4.39 Å². The van der Waals surface area contributed by atoms with E-state index >= 15 is 0 Å². The summed E-state index contributed by atoms with van der Waals surface area (Å²) in [5.41, 5.74) is 4.89. The molecule has 3 nitrogen and oxygen atoms in total. The van der Waals surface area contributed by atoms with Gasteiger partial charge in [-0.05, 0) is 56.5 Å². The first-order valence-corrected chi connectivity index (χ1v) is 9.14. The average molecular weight is 337 g/mol. The Labute approximate surface area is 147 Å². The van der Waals surface area contributed by atoms with Gasteiger partial charge in [-0.2, -0.15) is 0 Å². The van der Waals surface area contributed by atoms with E-state index in [-0.39, 0.29) is 5.82 Å². The van der Waals surface area contributed by atoms with Crippen LogP contribution in [-0.4, -0.2) is 15.4 Å². The van der Waals surface area contributed by atoms with Crippen molar-refractivity contribution in [3.8, 4) is 11.3 Å². The summed E-state index contributed by atoms with van der Waals surface area (Å²) >= 11 is 0. The number of pyridine rings is 1. The second-order valence-corrected chi connectivity index (χ2v) is 7.17. The fourth-order valence-electron chi connectivity index (χ4n) is 3.94. The number of aryl methyl sites for hydroxylation is 2. The molecule has 0 radical (unpaired) electrons. The predicted molar refractivity (Wildman–Crippen MR) is 101 cm³/mol. The van der Waals surface area contributed by atoms with Crippen LogP contribution in [0.4, 0.5) is 10.2 Å². The van der Waals surface area contributed by atoms with E-state index in [4.69, 9.17) is 4.98 Å². The summed E-state index contributed by atoms with van der Waals surface area (Å²) in [7, 11) is 0. The summed E-state index contributed by atoms with van der Waals surface area (Å²) in [4.78, 5) is 4.84. The molecule has 4 heteroatoms. The van der Waals surface area contributed by atoms with Gasteiger partial charge in [-0.15, -0.1) is 0 Å². The van der Waals surface area contributed by atoms with Crippen LogP contribution < -0.4 is 5.32 Å². The summed E-state index contributed by atoms with van der Waals surface area (Å²) in [6.45, 7) is 4.18. The maximum absolute atomic E-state index is 13.8. The molecule has 0 aliphatic heterocycles. The van der Waals surface area contributed by atoms with E-state index < -0.39 is 0 Å². The number of fused-ring (bicyclic) bond motifs is 1. The minimum absolute atomic E-state index is 0.230. The molecule has 2 aromatic heterocycles. The first kappa shape index (κ1) is 16.1. The lowest BCUT2D eigenvalue weighted by Gasteiger charge is -2.24. The molecule has 1 aromatic carbocycles. The summed E-state index contributed by atoms with van der Waals surface area (Å²) in [6, 6.07) is 11.4. The van der Waals surface area contributed by atoms with Crippen LogP contribution in [0, 0.1) is 19.7 Å². The highest BCUT2D eigenvalue weighted by Gasteiger charge is 2.20. The molecule has 1 N–H and O–H groups in total. The highest BCUT2D eigenvalue weighted by Crippen LogP contribution is 2.33. The molecule has 1 saturated carbocycles. The zero-order chi connectivity index (χ0) is 17.4. The Morgan fingerprint density at radius 2 is 1.88 bits per heavy atom. The number of nitrogens with one attached hydrogen (secondary N) is 1. The van der Waals surface area contributed by atoms with E-state index in [1.807, 2.05) is 6.07 Å². The monoisotopic (exact) mass is 337 g/mol. The number of anilines is 1. The van der Waals surface area contributed by atoms with E-state index in [1.165, 1.54) is 43.7 Å². The Bertz CT molecular complexity index is 907. The molecule has 0 bridgehead atoms. The van der Waals surface area contributed by atoms with Crippen LogP contribution in [0.1, 0.15) is 43.4 Å². The van der Waals surface area contributed by atoms with Crippen molar-refractivity contribution in [2.24, 2.45) is 0 Å². The molecule has 0 atom stereocenters. The van der Waals surface area contributed by atoms with Crippen LogP contribution in [0.2, 0.25) is 0 Å². The number of benzene rings is 1. The van der Waals surface area contributed by atoms with Gasteiger partial charge in [-0.25, -0.2) is 9.37 Å². The van der Waals surface area contributed by atoms with Crippen LogP contribution in [0.5, 0.6) is 0 Å². The topological polar surface area (TPSA) is 29.3 Å². The quantitative estimate of drug-likeness (QED) is 0.683.